The second-order valence-corrected chi connectivity index (χ2v) is 7.13. The molecule has 0 saturated carbocycles. The minimum Gasteiger partial charge on any atom is -0.339 e. The number of aromatic nitrogens is 2. The van der Waals surface area contributed by atoms with Crippen LogP contribution >= 0.6 is 23.2 Å². The maximum Gasteiger partial charge on any atom is 0.142 e. The Hall–Kier alpha value is -2.75. The molecular weight excluding hydrogens is 377 g/mol. The van der Waals surface area contributed by atoms with Crippen molar-refractivity contribution in [3.63, 3.8) is 0 Å². The average molecular weight is 394 g/mol. The van der Waals surface area contributed by atoms with Gasteiger partial charge in [0.2, 0.25) is 0 Å². The van der Waals surface area contributed by atoms with Crippen LogP contribution < -0.4 is 5.32 Å². The predicted octanol–water partition coefficient (Wildman–Crippen LogP) is 6.95. The molecule has 134 valence electrons. The quantitative estimate of drug-likeness (QED) is 0.406. The molecule has 2 aromatic carbocycles. The minimum atomic E-state index is 0.648. The molecule has 0 saturated heterocycles. The van der Waals surface area contributed by atoms with Gasteiger partial charge in [-0.2, -0.15) is 0 Å². The summed E-state index contributed by atoms with van der Waals surface area (Å²) in [6, 6.07) is 21.5. The molecular formula is C22H17Cl2N3. The summed E-state index contributed by atoms with van der Waals surface area (Å²) in [5.74, 6) is 0.861. The first kappa shape index (κ1) is 17.7. The smallest absolute Gasteiger partial charge is 0.142 e. The van der Waals surface area contributed by atoms with Gasteiger partial charge in [-0.25, -0.2) is 4.98 Å². The van der Waals surface area contributed by atoms with Crippen molar-refractivity contribution in [2.45, 2.75) is 6.92 Å². The van der Waals surface area contributed by atoms with Crippen molar-refractivity contribution in [1.29, 1.82) is 0 Å². The number of benzene rings is 2. The zero-order valence-electron chi connectivity index (χ0n) is 14.7. The van der Waals surface area contributed by atoms with Gasteiger partial charge in [-0.3, -0.25) is 4.40 Å². The highest BCUT2D eigenvalue weighted by Crippen LogP contribution is 2.30. The summed E-state index contributed by atoms with van der Waals surface area (Å²) < 4.78 is 1.97. The van der Waals surface area contributed by atoms with Gasteiger partial charge < -0.3 is 5.32 Å². The highest BCUT2D eigenvalue weighted by atomic mass is 35.5. The van der Waals surface area contributed by atoms with Gasteiger partial charge in [0.25, 0.3) is 0 Å². The molecule has 0 amide bonds. The van der Waals surface area contributed by atoms with E-state index in [1.54, 1.807) is 0 Å². The van der Waals surface area contributed by atoms with E-state index in [1.807, 2.05) is 65.2 Å². The van der Waals surface area contributed by atoms with Crippen LogP contribution in [-0.4, -0.2) is 9.38 Å². The number of allylic oxidation sites excluding steroid dienone is 1. The Morgan fingerprint density at radius 3 is 2.37 bits per heavy atom. The van der Waals surface area contributed by atoms with Gasteiger partial charge in [-0.1, -0.05) is 53.5 Å². The highest BCUT2D eigenvalue weighted by molar-refractivity contribution is 6.30. The van der Waals surface area contributed by atoms with Crippen molar-refractivity contribution in [3.05, 3.63) is 94.2 Å². The van der Waals surface area contributed by atoms with Crippen LogP contribution in [0.5, 0.6) is 0 Å². The standard InChI is InChI=1S/C22H17Cl2N3/c1-15(13-16-5-3-2-4-6-16)21-22(25-19-10-7-17(23)8-11-19)27-14-18(24)9-12-20(27)26-21/h2-14,25H,1H3. The van der Waals surface area contributed by atoms with Crippen molar-refractivity contribution in [2.24, 2.45) is 0 Å². The van der Waals surface area contributed by atoms with Crippen LogP contribution in [0.15, 0.2) is 72.9 Å². The summed E-state index contributed by atoms with van der Waals surface area (Å²) >= 11 is 12.2. The number of nitrogens with zero attached hydrogens (tertiary/aromatic N) is 2. The van der Waals surface area contributed by atoms with Crippen molar-refractivity contribution < 1.29 is 0 Å². The maximum absolute atomic E-state index is 6.22. The monoisotopic (exact) mass is 393 g/mol. The van der Waals surface area contributed by atoms with E-state index in [9.17, 15) is 0 Å². The third kappa shape index (κ3) is 3.85. The highest BCUT2D eigenvalue weighted by Gasteiger charge is 2.14. The zero-order valence-corrected chi connectivity index (χ0v) is 16.2. The summed E-state index contributed by atoms with van der Waals surface area (Å²) in [4.78, 5) is 4.81. The minimum absolute atomic E-state index is 0.648. The first-order valence-electron chi connectivity index (χ1n) is 8.54. The van der Waals surface area contributed by atoms with Crippen LogP contribution in [0.3, 0.4) is 0 Å². The molecule has 27 heavy (non-hydrogen) atoms. The fourth-order valence-corrected chi connectivity index (χ4v) is 3.24. The summed E-state index contributed by atoms with van der Waals surface area (Å²) in [7, 11) is 0. The molecule has 0 spiro atoms. The molecule has 2 heterocycles. The van der Waals surface area contributed by atoms with Crippen LogP contribution in [0.4, 0.5) is 11.5 Å². The molecule has 4 rings (SSSR count). The number of imidazole rings is 1. The van der Waals surface area contributed by atoms with Crippen molar-refractivity contribution >= 4 is 52.0 Å². The topological polar surface area (TPSA) is 29.3 Å². The van der Waals surface area contributed by atoms with E-state index in [0.717, 1.165) is 34.0 Å². The van der Waals surface area contributed by atoms with Crippen LogP contribution in [0.25, 0.3) is 17.3 Å². The Morgan fingerprint density at radius 1 is 0.926 bits per heavy atom. The Labute approximate surface area is 167 Å². The summed E-state index contributed by atoms with van der Waals surface area (Å²) in [6.07, 6.45) is 3.98. The number of rotatable bonds is 4. The summed E-state index contributed by atoms with van der Waals surface area (Å²) in [6.45, 7) is 2.06. The number of halogens is 2. The van der Waals surface area contributed by atoms with E-state index in [0.29, 0.717) is 10.0 Å². The van der Waals surface area contributed by atoms with E-state index < -0.39 is 0 Å². The number of pyridine rings is 1. The van der Waals surface area contributed by atoms with Gasteiger partial charge in [-0.15, -0.1) is 0 Å². The van der Waals surface area contributed by atoms with Gasteiger partial charge in [0.05, 0.1) is 5.02 Å². The Kier molecular flexibility index (Phi) is 4.88. The molecule has 4 aromatic rings. The van der Waals surface area contributed by atoms with Crippen LogP contribution in [0.2, 0.25) is 10.0 Å². The number of anilines is 2. The lowest BCUT2D eigenvalue weighted by Crippen LogP contribution is -1.98. The SMILES string of the molecule is CC(=Cc1ccccc1)c1nc2ccc(Cl)cn2c1Nc1ccc(Cl)cc1. The van der Waals surface area contributed by atoms with Crippen molar-refractivity contribution in [3.8, 4) is 0 Å². The predicted molar refractivity (Wildman–Crippen MR) is 115 cm³/mol. The second kappa shape index (κ2) is 7.47. The molecule has 5 heteroatoms. The van der Waals surface area contributed by atoms with E-state index in [-0.39, 0.29) is 0 Å². The van der Waals surface area contributed by atoms with Gasteiger partial charge in [0.15, 0.2) is 0 Å². The normalized spacial score (nSPS) is 11.7. The van der Waals surface area contributed by atoms with E-state index in [1.165, 1.54) is 0 Å². The van der Waals surface area contributed by atoms with Crippen molar-refractivity contribution in [2.75, 3.05) is 5.32 Å². The van der Waals surface area contributed by atoms with Gasteiger partial charge in [0.1, 0.15) is 17.2 Å². The van der Waals surface area contributed by atoms with Crippen LogP contribution in [0, 0.1) is 0 Å². The molecule has 3 nitrogen and oxygen atoms in total. The molecule has 0 unspecified atom stereocenters. The lowest BCUT2D eigenvalue weighted by Gasteiger charge is -2.09. The lowest BCUT2D eigenvalue weighted by atomic mass is 10.1. The fourth-order valence-electron chi connectivity index (χ4n) is 2.95. The fraction of sp³-hybridized carbons (Fsp3) is 0.0455. The number of hydrogen-bond donors (Lipinski definition) is 1. The molecule has 0 bridgehead atoms. The van der Waals surface area contributed by atoms with E-state index in [2.05, 4.69) is 30.4 Å². The van der Waals surface area contributed by atoms with E-state index in [4.69, 9.17) is 28.2 Å². The second-order valence-electron chi connectivity index (χ2n) is 6.25. The zero-order chi connectivity index (χ0) is 18.8. The van der Waals surface area contributed by atoms with Gasteiger partial charge >= 0.3 is 0 Å². The first-order chi connectivity index (χ1) is 13.1. The number of nitrogens with one attached hydrogen (secondary N) is 1. The number of fused-ring (bicyclic) bond motifs is 1. The number of hydrogen-bond acceptors (Lipinski definition) is 2. The van der Waals surface area contributed by atoms with Crippen molar-refractivity contribution in [1.82, 2.24) is 9.38 Å². The molecule has 0 aliphatic rings. The molecule has 0 aliphatic heterocycles. The lowest BCUT2D eigenvalue weighted by molar-refractivity contribution is 1.18. The van der Waals surface area contributed by atoms with Crippen LogP contribution in [-0.2, 0) is 0 Å². The largest absolute Gasteiger partial charge is 0.339 e. The summed E-state index contributed by atoms with van der Waals surface area (Å²) in [5.41, 5.74) is 4.80. The average Bonchev–Trinajstić information content (AvgIpc) is 3.02. The van der Waals surface area contributed by atoms with Gasteiger partial charge in [0, 0.05) is 16.9 Å². The molecule has 0 aliphatic carbocycles. The molecule has 1 N–H and O–H groups in total. The Balaban J connectivity index is 1.84. The molecule has 2 aromatic heterocycles. The maximum atomic E-state index is 6.22. The van der Waals surface area contributed by atoms with Crippen LogP contribution in [0.1, 0.15) is 18.2 Å². The molecule has 0 radical (unpaired) electrons. The molecule has 0 atom stereocenters. The Morgan fingerprint density at radius 2 is 1.63 bits per heavy atom. The third-order valence-corrected chi connectivity index (χ3v) is 4.72. The van der Waals surface area contributed by atoms with E-state index >= 15 is 0 Å². The van der Waals surface area contributed by atoms with Gasteiger partial charge in [-0.05, 0) is 60.5 Å². The Bertz CT molecular complexity index is 1110. The summed E-state index contributed by atoms with van der Waals surface area (Å²) in [5, 5.41) is 4.80. The first-order valence-corrected chi connectivity index (χ1v) is 9.30. The third-order valence-electron chi connectivity index (χ3n) is 4.25. The molecule has 0 fully saturated rings.